The second-order valence-corrected chi connectivity index (χ2v) is 105. The second kappa shape index (κ2) is 70.2. The summed E-state index contributed by atoms with van der Waals surface area (Å²) in [5, 5.41) is 0. The van der Waals surface area contributed by atoms with E-state index in [0.29, 0.717) is 108 Å². The van der Waals surface area contributed by atoms with Gasteiger partial charge in [0, 0.05) is 77.6 Å². The van der Waals surface area contributed by atoms with Gasteiger partial charge in [0.2, 0.25) is 0 Å². The Morgan fingerprint density at radius 3 is 0.811 bits per heavy atom. The number of ether oxygens (including phenoxy) is 2. The monoisotopic (exact) mass is 2190 g/mol. The van der Waals surface area contributed by atoms with Crippen LogP contribution in [-0.4, -0.2) is 279 Å². The Labute approximate surface area is 815 Å². The smallest absolute Gasteiger partial charge is 0.442 e. The van der Waals surface area contributed by atoms with Gasteiger partial charge in [-0.3, -0.25) is 0 Å². The Balaban J connectivity index is -0.000000505. The van der Waals surface area contributed by atoms with Gasteiger partial charge >= 0.3 is 113 Å². The zero-order valence-corrected chi connectivity index (χ0v) is 116. The molecule has 0 aromatic carbocycles. The maximum Gasteiger partial charge on any atom is 0.500 e. The van der Waals surface area contributed by atoms with E-state index in [0.717, 1.165) is 36.5 Å². The van der Waals surface area contributed by atoms with E-state index in [9.17, 15) is 0 Å². The van der Waals surface area contributed by atoms with Gasteiger partial charge in [-0.2, -0.15) is 0 Å². The highest BCUT2D eigenvalue weighted by atomic mass is 28.5. The molecule has 2 heterocycles. The van der Waals surface area contributed by atoms with E-state index in [-0.39, 0.29) is 9.76 Å². The molecule has 2 saturated carbocycles. The molecule has 2 aliphatic heterocycles. The van der Waals surface area contributed by atoms with Crippen LogP contribution in [0.1, 0.15) is 163 Å². The first-order valence-electron chi connectivity index (χ1n) is 49.5. The van der Waals surface area contributed by atoms with E-state index < -0.39 is 185 Å². The van der Waals surface area contributed by atoms with Crippen molar-refractivity contribution in [1.82, 2.24) is 0 Å². The summed E-state index contributed by atoms with van der Waals surface area (Å²) in [4.78, 5) is 0. The Hall–Kier alpha value is 3.47. The van der Waals surface area contributed by atoms with Crippen LogP contribution in [-0.2, 0) is 111 Å². The van der Waals surface area contributed by atoms with Crippen LogP contribution in [0, 0.1) is 11.8 Å². The van der Waals surface area contributed by atoms with Crippen molar-refractivity contribution in [2.45, 2.75) is 432 Å². The molecule has 0 bridgehead atoms. The molecule has 2 saturated heterocycles. The molecule has 0 spiro atoms. The van der Waals surface area contributed by atoms with Crippen molar-refractivity contribution in [2.75, 3.05) is 59.5 Å². The molecular weight excluding hydrogens is 1980 g/mol. The Bertz CT molecular complexity index is 2550. The van der Waals surface area contributed by atoms with Crippen LogP contribution >= 0.6 is 0 Å². The molecule has 4 aliphatic rings. The lowest BCUT2D eigenvalue weighted by atomic mass is 9.88. The third-order valence-corrected chi connectivity index (χ3v) is 90.9. The number of rotatable bonds is 61. The molecule has 0 aromatic heterocycles. The fourth-order valence-corrected chi connectivity index (χ4v) is 96.2. The molecule has 0 aromatic rings. The minimum Gasteiger partial charge on any atom is -0.442 e. The minimum atomic E-state index is -2.82. The zero-order chi connectivity index (χ0) is 99.9. The number of allylic oxidation sites excluding steroid dienone is 1. The van der Waals surface area contributed by atoms with Crippen molar-refractivity contribution in [1.29, 1.82) is 0 Å². The highest BCUT2D eigenvalue weighted by Gasteiger charge is 2.54. The molecule has 26 nitrogen and oxygen atoms in total. The highest BCUT2D eigenvalue weighted by Crippen LogP contribution is 2.44. The van der Waals surface area contributed by atoms with Crippen molar-refractivity contribution in [3.63, 3.8) is 0 Å². The fourth-order valence-electron chi connectivity index (χ4n) is 15.4. The molecule has 2 aliphatic carbocycles. The maximum absolute atomic E-state index is 7.30. The van der Waals surface area contributed by atoms with Crippen LogP contribution in [0.5, 0.6) is 0 Å². The van der Waals surface area contributed by atoms with Crippen LogP contribution < -0.4 is 0 Å². The van der Waals surface area contributed by atoms with Gasteiger partial charge in [0.05, 0.1) is 24.4 Å². The summed E-state index contributed by atoms with van der Waals surface area (Å²) in [6.45, 7) is 110. The largest absolute Gasteiger partial charge is 0.500 e. The first kappa shape index (κ1) is 139. The average Bonchev–Trinajstić information content (AvgIpc) is 1.79. The van der Waals surface area contributed by atoms with Gasteiger partial charge in [0.15, 0.2) is 33.3 Å². The van der Waals surface area contributed by atoms with Gasteiger partial charge in [-0.25, -0.2) is 0 Å². The third-order valence-electron chi connectivity index (χ3n) is 18.6. The summed E-state index contributed by atoms with van der Waals surface area (Å²) in [6, 6.07) is 5.38. The predicted molar refractivity (Wildman–Crippen MR) is 590 cm³/mol. The van der Waals surface area contributed by atoms with Crippen molar-refractivity contribution in [3.8, 4) is 0 Å². The predicted octanol–water partition coefficient (Wildman–Crippen LogP) is 20.7. The quantitative estimate of drug-likeness (QED) is 0.0312. The van der Waals surface area contributed by atoms with Crippen LogP contribution in [0.15, 0.2) is 12.7 Å². The minimum absolute atomic E-state index is 0.360. The van der Waals surface area contributed by atoms with E-state index in [1.165, 1.54) is 38.5 Å². The number of hydrogen-bond donors (Lipinski definition) is 0. The molecule has 127 heavy (non-hydrogen) atoms. The molecule has 770 valence electrons. The molecule has 48 heteroatoms. The summed E-state index contributed by atoms with van der Waals surface area (Å²) in [6.07, 6.45) is 12.9. The first-order chi connectivity index (χ1) is 58.7. The molecular formula is C79H210O26Si22. The van der Waals surface area contributed by atoms with Crippen LogP contribution in [0.2, 0.25) is 245 Å². The second-order valence-electron chi connectivity index (χ2n) is 37.1. The Morgan fingerprint density at radius 1 is 0.291 bits per heavy atom. The Kier molecular flexibility index (Phi) is 76.8. The van der Waals surface area contributed by atoms with Gasteiger partial charge in [0.1, 0.15) is 39.1 Å². The van der Waals surface area contributed by atoms with Gasteiger partial charge in [-0.1, -0.05) is 87.7 Å². The molecule has 0 N–H and O–H groups in total. The van der Waals surface area contributed by atoms with Gasteiger partial charge < -0.3 is 111 Å². The number of fused-ring (bicyclic) bond motifs is 2. The topological polar surface area (TPSA) is 247 Å². The van der Waals surface area contributed by atoms with E-state index in [4.69, 9.17) is 111 Å². The molecule has 0 radical (unpaired) electrons. The lowest BCUT2D eigenvalue weighted by Crippen LogP contribution is -2.60. The van der Waals surface area contributed by atoms with Crippen LogP contribution in [0.25, 0.3) is 0 Å². The summed E-state index contributed by atoms with van der Waals surface area (Å²) in [5.41, 5.74) is 0. The summed E-state index contributed by atoms with van der Waals surface area (Å²) in [5.74, 6) is 1.43. The lowest BCUT2D eigenvalue weighted by Gasteiger charge is -2.44. The standard InChI is InChI=1S/C24H58O8Si6.2C16H46O7Si6.C8H12O.C7H24O3Si4.4C2H6/c1-12-25-38(26-13-2,27-14-3)20-19-37(11,30-34(5,6)7)32-36(10,31-35(8,9)29-33-4)18-17-22-15-16-23-24(21-22)28-23;2*1-12-17-29(18-13-2,19-14-3)16-15-28(11,23-26(6,7)8)22-25(5)21-27(9,10)20-24-4;1-2-6-3-4-7-8(5-6)9-7;1-11-8-14(6,7)10-12(2)9-13(3,4)5;4*1-2/h22-24H,12-21,33H2,1-11H3;2*25H,12-16,24H2,1-11H3;2,6-8H,1,3-5H2;12H,11H2,1-7H3;4*1-2H3. The van der Waals surface area contributed by atoms with Gasteiger partial charge in [-0.05, 0) is 320 Å². The van der Waals surface area contributed by atoms with E-state index >= 15 is 0 Å². The van der Waals surface area contributed by atoms with Gasteiger partial charge in [-0.15, -0.1) is 6.58 Å². The fraction of sp³-hybridized carbons (Fsp3) is 0.975. The highest BCUT2D eigenvalue weighted by molar-refractivity contribution is 6.91. The van der Waals surface area contributed by atoms with Crippen LogP contribution in [0.4, 0.5) is 0 Å². The molecule has 13 unspecified atom stereocenters. The van der Waals surface area contributed by atoms with Gasteiger partial charge in [0.25, 0.3) is 9.28 Å². The maximum atomic E-state index is 7.30. The van der Waals surface area contributed by atoms with E-state index in [2.05, 4.69) is 216 Å². The first-order valence-corrected chi connectivity index (χ1v) is 105. The van der Waals surface area contributed by atoms with Crippen molar-refractivity contribution < 1.29 is 111 Å². The van der Waals surface area contributed by atoms with Crippen molar-refractivity contribution in [3.05, 3.63) is 12.7 Å². The Morgan fingerprint density at radius 2 is 0.551 bits per heavy atom. The lowest BCUT2D eigenvalue weighted by molar-refractivity contribution is 0.0712. The molecule has 13 atom stereocenters. The summed E-state index contributed by atoms with van der Waals surface area (Å²) in [7, 11) is -41.1. The number of hydrogen-bond acceptors (Lipinski definition) is 26. The number of epoxide rings is 2. The zero-order valence-electron chi connectivity index (χ0n) is 91.7. The third kappa shape index (κ3) is 69.1. The summed E-state index contributed by atoms with van der Waals surface area (Å²) < 4.78 is 162. The summed E-state index contributed by atoms with van der Waals surface area (Å²) >= 11 is 0. The van der Waals surface area contributed by atoms with Crippen molar-refractivity contribution in [2.24, 2.45) is 11.8 Å². The SMILES string of the molecule is C=CC1CCC2OC2C1.CC.CC.CC.CC.CCO[Si](CC[Si](C)(O[SiH](C)O[Si](C)(C)O[SiH2]C)O[Si](C)(C)C)(OCC)OCC.CCO[Si](CC[Si](C)(O[SiH](C)O[Si](C)(C)O[SiH2]C)O[Si](C)(C)C)(OCC)OCC.CCO[Si](CC[Si](C)(O[Si](C)(C)C)O[Si](C)(CCC1CCC2OC2C1)O[Si](C)(C)O[SiH2]C)(OCC)OCC.C[SiH2]O[Si](C)(C)O[SiH](C)O[Si](C)(C)C. The van der Waals surface area contributed by atoms with Crippen molar-refractivity contribution >= 4 is 195 Å². The molecule has 4 fully saturated rings. The normalized spacial score (nSPS) is 20.9. The molecule has 4 rings (SSSR count). The average molecular weight is 2190 g/mol. The van der Waals surface area contributed by atoms with E-state index in [1.54, 1.807) is 0 Å². The molecule has 0 amide bonds. The van der Waals surface area contributed by atoms with Crippen LogP contribution in [0.3, 0.4) is 0 Å². The van der Waals surface area contributed by atoms with E-state index in [1.807, 2.05) is 118 Å².